The van der Waals surface area contributed by atoms with Crippen molar-refractivity contribution in [3.05, 3.63) is 52.0 Å². The van der Waals surface area contributed by atoms with E-state index >= 15 is 0 Å². The first-order valence-corrected chi connectivity index (χ1v) is 10.5. The van der Waals surface area contributed by atoms with E-state index in [-0.39, 0.29) is 5.02 Å². The van der Waals surface area contributed by atoms with E-state index in [4.69, 9.17) is 32.7 Å². The molecule has 33 heavy (non-hydrogen) atoms. The Morgan fingerprint density at radius 2 is 1.82 bits per heavy atom. The summed E-state index contributed by atoms with van der Waals surface area (Å²) in [6, 6.07) is 7.62. The van der Waals surface area contributed by atoms with Crippen molar-refractivity contribution in [2.75, 3.05) is 25.1 Å². The molecule has 1 atom stereocenters. The van der Waals surface area contributed by atoms with Crippen molar-refractivity contribution in [2.45, 2.75) is 12.5 Å². The third kappa shape index (κ3) is 4.53. The normalized spacial score (nSPS) is 19.2. The second-order valence-electron chi connectivity index (χ2n) is 7.43. The topological polar surface area (TPSA) is 126 Å². The van der Waals surface area contributed by atoms with Gasteiger partial charge in [-0.3, -0.25) is 19.8 Å². The first-order chi connectivity index (χ1) is 15.7. The third-order valence-electron chi connectivity index (χ3n) is 5.10. The minimum Gasteiger partial charge on any atom is -0.486 e. The van der Waals surface area contributed by atoms with Crippen LogP contribution >= 0.6 is 23.2 Å². The first kappa shape index (κ1) is 22.7. The molecular weight excluding hydrogens is 475 g/mol. The number of imide groups is 2. The van der Waals surface area contributed by atoms with Gasteiger partial charge in [-0.1, -0.05) is 29.3 Å². The van der Waals surface area contributed by atoms with Crippen LogP contribution in [0.2, 0.25) is 10.0 Å². The maximum Gasteiger partial charge on any atom is 0.325 e. The number of halogens is 2. The molecule has 0 bridgehead atoms. The lowest BCUT2D eigenvalue weighted by Gasteiger charge is -2.23. The van der Waals surface area contributed by atoms with E-state index in [0.717, 1.165) is 0 Å². The highest BCUT2D eigenvalue weighted by Crippen LogP contribution is 2.35. The molecule has 4 rings (SSSR count). The number of nitrogens with one attached hydrogen (secondary N) is 3. The molecule has 0 spiro atoms. The standard InChI is InChI=1S/C21H18Cl2N4O6/c1-21(13-4-2-11(22)8-14(13)23)18(29)27(20(31)26-21)10-17(28)25-19(30)24-12-3-5-15-16(9-12)33-7-6-32-15/h2-5,8-9H,6-7,10H2,1H3,(H,26,31)(H2,24,25,28,30)/t21-/m0/s1. The Hall–Kier alpha value is -3.50. The van der Waals surface area contributed by atoms with Crippen LogP contribution in [-0.2, 0) is 15.1 Å². The van der Waals surface area contributed by atoms with Gasteiger partial charge in [-0.05, 0) is 31.2 Å². The highest BCUT2D eigenvalue weighted by atomic mass is 35.5. The summed E-state index contributed by atoms with van der Waals surface area (Å²) in [6.45, 7) is 1.61. The van der Waals surface area contributed by atoms with Crippen LogP contribution in [0, 0.1) is 0 Å². The molecule has 0 saturated carbocycles. The predicted molar refractivity (Wildman–Crippen MR) is 119 cm³/mol. The maximum absolute atomic E-state index is 13.0. The molecule has 0 unspecified atom stereocenters. The SMILES string of the molecule is C[C@@]1(c2ccc(Cl)cc2Cl)NC(=O)N(CC(=O)NC(=O)Nc2ccc3c(c2)OCCO3)C1=O. The van der Waals surface area contributed by atoms with Crippen molar-refractivity contribution in [1.82, 2.24) is 15.5 Å². The summed E-state index contributed by atoms with van der Waals surface area (Å²) in [5, 5.41) is 7.66. The van der Waals surface area contributed by atoms with Crippen molar-refractivity contribution >= 4 is 52.8 Å². The zero-order valence-corrected chi connectivity index (χ0v) is 18.7. The summed E-state index contributed by atoms with van der Waals surface area (Å²) < 4.78 is 10.8. The fraction of sp³-hybridized carbons (Fsp3) is 0.238. The lowest BCUT2D eigenvalue weighted by Crippen LogP contribution is -2.45. The molecule has 0 aliphatic carbocycles. The van der Waals surface area contributed by atoms with E-state index in [2.05, 4.69) is 16.0 Å². The molecule has 1 fully saturated rings. The molecule has 2 aromatic rings. The minimum absolute atomic E-state index is 0.184. The Morgan fingerprint density at radius 3 is 2.55 bits per heavy atom. The molecule has 1 saturated heterocycles. The second-order valence-corrected chi connectivity index (χ2v) is 8.27. The van der Waals surface area contributed by atoms with Crippen LogP contribution in [0.3, 0.4) is 0 Å². The van der Waals surface area contributed by atoms with Gasteiger partial charge in [0.1, 0.15) is 25.3 Å². The van der Waals surface area contributed by atoms with E-state index in [1.807, 2.05) is 0 Å². The number of urea groups is 2. The van der Waals surface area contributed by atoms with Gasteiger partial charge in [0.15, 0.2) is 11.5 Å². The Balaban J connectivity index is 1.39. The quantitative estimate of drug-likeness (QED) is 0.563. The number of benzene rings is 2. The third-order valence-corrected chi connectivity index (χ3v) is 5.65. The number of amides is 6. The highest BCUT2D eigenvalue weighted by molar-refractivity contribution is 6.35. The summed E-state index contributed by atoms with van der Waals surface area (Å²) >= 11 is 12.1. The molecule has 0 aromatic heterocycles. The average molecular weight is 493 g/mol. The molecule has 2 heterocycles. The van der Waals surface area contributed by atoms with Gasteiger partial charge >= 0.3 is 12.1 Å². The van der Waals surface area contributed by atoms with Crippen molar-refractivity contribution in [1.29, 1.82) is 0 Å². The molecule has 2 aliphatic rings. The molecule has 172 valence electrons. The molecule has 10 nitrogen and oxygen atoms in total. The van der Waals surface area contributed by atoms with Crippen molar-refractivity contribution in [3.63, 3.8) is 0 Å². The first-order valence-electron chi connectivity index (χ1n) is 9.77. The Kier molecular flexibility index (Phi) is 6.05. The van der Waals surface area contributed by atoms with Crippen LogP contribution in [0.4, 0.5) is 15.3 Å². The summed E-state index contributed by atoms with van der Waals surface area (Å²) in [4.78, 5) is 50.6. The van der Waals surface area contributed by atoms with Gasteiger partial charge in [0, 0.05) is 27.4 Å². The summed E-state index contributed by atoms with van der Waals surface area (Å²) in [6.07, 6.45) is 0. The van der Waals surface area contributed by atoms with Crippen LogP contribution in [0.5, 0.6) is 11.5 Å². The number of rotatable bonds is 4. The molecule has 2 aromatic carbocycles. The van der Waals surface area contributed by atoms with Crippen LogP contribution < -0.4 is 25.4 Å². The van der Waals surface area contributed by atoms with Crippen LogP contribution in [0.25, 0.3) is 0 Å². The van der Waals surface area contributed by atoms with Crippen molar-refractivity contribution in [2.24, 2.45) is 0 Å². The van der Waals surface area contributed by atoms with Gasteiger partial charge in [0.2, 0.25) is 5.91 Å². The Morgan fingerprint density at radius 1 is 1.09 bits per heavy atom. The van der Waals surface area contributed by atoms with Crippen LogP contribution in [0.15, 0.2) is 36.4 Å². The summed E-state index contributed by atoms with van der Waals surface area (Å²) in [7, 11) is 0. The van der Waals surface area contributed by atoms with Crippen molar-refractivity contribution in [3.8, 4) is 11.5 Å². The van der Waals surface area contributed by atoms with Gasteiger partial charge in [0.25, 0.3) is 5.91 Å². The lowest BCUT2D eigenvalue weighted by molar-refractivity contribution is -0.134. The summed E-state index contributed by atoms with van der Waals surface area (Å²) in [5.41, 5.74) is -0.803. The monoisotopic (exact) mass is 492 g/mol. The average Bonchev–Trinajstić information content (AvgIpc) is 2.97. The fourth-order valence-corrected chi connectivity index (χ4v) is 4.11. The minimum atomic E-state index is -1.49. The van der Waals surface area contributed by atoms with Gasteiger partial charge in [-0.25, -0.2) is 9.59 Å². The number of fused-ring (bicyclic) bond motifs is 1. The van der Waals surface area contributed by atoms with Crippen molar-refractivity contribution < 1.29 is 28.7 Å². The predicted octanol–water partition coefficient (Wildman–Crippen LogP) is 2.88. The zero-order chi connectivity index (χ0) is 23.8. The molecule has 6 amide bonds. The largest absolute Gasteiger partial charge is 0.486 e. The molecule has 3 N–H and O–H groups in total. The highest BCUT2D eigenvalue weighted by Gasteiger charge is 2.50. The Bertz CT molecular complexity index is 1170. The number of hydrogen-bond acceptors (Lipinski definition) is 6. The van der Waals surface area contributed by atoms with E-state index in [0.29, 0.717) is 45.9 Å². The Labute approximate surface area is 198 Å². The molecule has 12 heteroatoms. The smallest absolute Gasteiger partial charge is 0.325 e. The van der Waals surface area contributed by atoms with Gasteiger partial charge in [-0.15, -0.1) is 0 Å². The maximum atomic E-state index is 13.0. The van der Waals surface area contributed by atoms with E-state index in [9.17, 15) is 19.2 Å². The molecule has 2 aliphatic heterocycles. The fourth-order valence-electron chi connectivity index (χ4n) is 3.51. The number of hydrogen-bond donors (Lipinski definition) is 3. The molecular formula is C21H18Cl2N4O6. The number of nitrogens with zero attached hydrogens (tertiary/aromatic N) is 1. The number of carbonyl (C=O) groups is 4. The summed E-state index contributed by atoms with van der Waals surface area (Å²) in [5.74, 6) is -0.547. The zero-order valence-electron chi connectivity index (χ0n) is 17.2. The number of ether oxygens (including phenoxy) is 2. The van der Waals surface area contributed by atoms with Gasteiger partial charge < -0.3 is 20.1 Å². The molecule has 0 radical (unpaired) electrons. The van der Waals surface area contributed by atoms with E-state index in [1.54, 1.807) is 18.2 Å². The van der Waals surface area contributed by atoms with Gasteiger partial charge in [-0.2, -0.15) is 0 Å². The van der Waals surface area contributed by atoms with E-state index < -0.39 is 36.0 Å². The van der Waals surface area contributed by atoms with E-state index in [1.165, 1.54) is 25.1 Å². The number of carbonyl (C=O) groups excluding carboxylic acids is 4. The van der Waals surface area contributed by atoms with Crippen LogP contribution in [-0.4, -0.2) is 48.5 Å². The number of anilines is 1. The van der Waals surface area contributed by atoms with Crippen LogP contribution in [0.1, 0.15) is 12.5 Å². The second kappa shape index (κ2) is 8.80. The lowest BCUT2D eigenvalue weighted by atomic mass is 9.92. The van der Waals surface area contributed by atoms with Gasteiger partial charge in [0.05, 0.1) is 0 Å².